The van der Waals surface area contributed by atoms with Gasteiger partial charge in [0.25, 0.3) is 11.6 Å². The van der Waals surface area contributed by atoms with Gasteiger partial charge in [0.05, 0.1) is 17.1 Å². The molecule has 0 aliphatic rings. The number of nitro groups is 1. The first-order chi connectivity index (χ1) is 9.86. The van der Waals surface area contributed by atoms with E-state index in [1.165, 1.54) is 18.2 Å². The summed E-state index contributed by atoms with van der Waals surface area (Å²) in [4.78, 5) is 24.6. The van der Waals surface area contributed by atoms with Crippen molar-refractivity contribution in [3.63, 3.8) is 0 Å². The van der Waals surface area contributed by atoms with Gasteiger partial charge in [0.15, 0.2) is 0 Å². The lowest BCUT2D eigenvalue weighted by molar-refractivity contribution is -0.384. The Morgan fingerprint density at radius 1 is 1.48 bits per heavy atom. The van der Waals surface area contributed by atoms with Gasteiger partial charge in [-0.3, -0.25) is 14.9 Å². The Labute approximate surface area is 132 Å². The molecule has 1 aromatic carbocycles. The molecule has 0 aliphatic heterocycles. The Morgan fingerprint density at radius 3 is 2.67 bits per heavy atom. The molecule has 0 heterocycles. The van der Waals surface area contributed by atoms with Crippen LogP contribution in [0.2, 0.25) is 0 Å². The van der Waals surface area contributed by atoms with Gasteiger partial charge < -0.3 is 9.64 Å². The Hall–Kier alpha value is -1.47. The van der Waals surface area contributed by atoms with E-state index in [0.717, 1.165) is 0 Å². The summed E-state index contributed by atoms with van der Waals surface area (Å²) in [7, 11) is 1.57. The zero-order chi connectivity index (χ0) is 16.0. The number of ether oxygens (including phenoxy) is 1. The molecular formula is C14H19BrN2O4. The van der Waals surface area contributed by atoms with E-state index in [-0.39, 0.29) is 11.6 Å². The molecule has 0 aromatic heterocycles. The maximum absolute atomic E-state index is 12.6. The summed E-state index contributed by atoms with van der Waals surface area (Å²) in [6.07, 6.45) is 0. The summed E-state index contributed by atoms with van der Waals surface area (Å²) < 4.78 is 5.56. The lowest BCUT2D eigenvalue weighted by Gasteiger charge is -2.24. The third-order valence-corrected chi connectivity index (χ3v) is 3.52. The summed E-state index contributed by atoms with van der Waals surface area (Å²) in [5, 5.41) is 10.9. The molecule has 0 saturated heterocycles. The number of methoxy groups -OCH3 is 1. The van der Waals surface area contributed by atoms with Gasteiger partial charge in [-0.25, -0.2) is 0 Å². The largest absolute Gasteiger partial charge is 0.383 e. The van der Waals surface area contributed by atoms with E-state index in [4.69, 9.17) is 4.74 Å². The predicted molar refractivity (Wildman–Crippen MR) is 83.4 cm³/mol. The van der Waals surface area contributed by atoms with Crippen LogP contribution in [-0.2, 0) is 4.74 Å². The number of rotatable bonds is 7. The zero-order valence-electron chi connectivity index (χ0n) is 12.3. The molecule has 21 heavy (non-hydrogen) atoms. The first-order valence-corrected chi connectivity index (χ1v) is 7.38. The third kappa shape index (κ3) is 5.09. The number of nitrogens with zero attached hydrogens (tertiary/aromatic N) is 2. The molecule has 0 radical (unpaired) electrons. The van der Waals surface area contributed by atoms with Crippen LogP contribution in [0.4, 0.5) is 5.69 Å². The molecule has 0 bridgehead atoms. The molecule has 0 N–H and O–H groups in total. The fraction of sp³-hybridized carbons (Fsp3) is 0.500. The smallest absolute Gasteiger partial charge is 0.270 e. The number of non-ortho nitro benzene ring substituents is 1. The van der Waals surface area contributed by atoms with Gasteiger partial charge in [-0.15, -0.1) is 0 Å². The first kappa shape index (κ1) is 17.6. The average molecular weight is 359 g/mol. The molecular weight excluding hydrogens is 340 g/mol. The topological polar surface area (TPSA) is 72.7 Å². The van der Waals surface area contributed by atoms with E-state index in [1.54, 1.807) is 12.0 Å². The molecule has 0 fully saturated rings. The van der Waals surface area contributed by atoms with Crippen molar-refractivity contribution in [2.75, 3.05) is 26.8 Å². The summed E-state index contributed by atoms with van der Waals surface area (Å²) in [6, 6.07) is 4.19. The highest BCUT2D eigenvalue weighted by atomic mass is 79.9. The van der Waals surface area contributed by atoms with Crippen LogP contribution in [0.3, 0.4) is 0 Å². The quantitative estimate of drug-likeness (QED) is 0.554. The summed E-state index contributed by atoms with van der Waals surface area (Å²) in [5.41, 5.74) is 0.193. The number of nitro benzene ring substituents is 1. The van der Waals surface area contributed by atoms with Crippen LogP contribution >= 0.6 is 15.9 Å². The van der Waals surface area contributed by atoms with Crippen LogP contribution < -0.4 is 0 Å². The number of halogens is 1. The molecule has 1 aromatic rings. The minimum atomic E-state index is -0.509. The van der Waals surface area contributed by atoms with E-state index in [0.29, 0.717) is 35.7 Å². The number of carbonyl (C=O) groups is 1. The van der Waals surface area contributed by atoms with Gasteiger partial charge >= 0.3 is 0 Å². The maximum atomic E-state index is 12.6. The fourth-order valence-electron chi connectivity index (χ4n) is 1.88. The molecule has 1 rings (SSSR count). The van der Waals surface area contributed by atoms with Crippen molar-refractivity contribution >= 4 is 27.5 Å². The van der Waals surface area contributed by atoms with E-state index >= 15 is 0 Å². The first-order valence-electron chi connectivity index (χ1n) is 6.59. The number of hydrogen-bond donors (Lipinski definition) is 0. The van der Waals surface area contributed by atoms with Crippen molar-refractivity contribution in [1.29, 1.82) is 0 Å². The summed E-state index contributed by atoms with van der Waals surface area (Å²) in [6.45, 7) is 5.45. The normalized spacial score (nSPS) is 10.7. The second-order valence-electron chi connectivity index (χ2n) is 5.06. The van der Waals surface area contributed by atoms with Crippen molar-refractivity contribution in [2.24, 2.45) is 5.92 Å². The van der Waals surface area contributed by atoms with Crippen molar-refractivity contribution in [1.82, 2.24) is 4.90 Å². The second kappa shape index (κ2) is 8.09. The van der Waals surface area contributed by atoms with Gasteiger partial charge in [0, 0.05) is 36.8 Å². The SMILES string of the molecule is COCCN(CC(C)C)C(=O)c1cc([N+](=O)[O-])ccc1Br. The van der Waals surface area contributed by atoms with E-state index in [9.17, 15) is 14.9 Å². The fourth-order valence-corrected chi connectivity index (χ4v) is 2.30. The van der Waals surface area contributed by atoms with E-state index < -0.39 is 4.92 Å². The highest BCUT2D eigenvalue weighted by Gasteiger charge is 2.21. The van der Waals surface area contributed by atoms with Crippen LogP contribution in [0.15, 0.2) is 22.7 Å². The summed E-state index contributed by atoms with van der Waals surface area (Å²) >= 11 is 3.28. The highest BCUT2D eigenvalue weighted by Crippen LogP contribution is 2.24. The Kier molecular flexibility index (Phi) is 6.77. The standard InChI is InChI=1S/C14H19BrN2O4/c1-10(2)9-16(6-7-21-3)14(18)12-8-11(17(19)20)4-5-13(12)15/h4-5,8,10H,6-7,9H2,1-3H3. The van der Waals surface area contributed by atoms with Crippen molar-refractivity contribution in [3.8, 4) is 0 Å². The lowest BCUT2D eigenvalue weighted by atomic mass is 10.1. The Bertz CT molecular complexity index is 520. The summed E-state index contributed by atoms with van der Waals surface area (Å²) in [5.74, 6) is 0.0552. The number of amides is 1. The molecule has 0 unspecified atom stereocenters. The van der Waals surface area contributed by atoms with Crippen molar-refractivity contribution in [2.45, 2.75) is 13.8 Å². The average Bonchev–Trinajstić information content (AvgIpc) is 2.42. The number of benzene rings is 1. The second-order valence-corrected chi connectivity index (χ2v) is 5.91. The zero-order valence-corrected chi connectivity index (χ0v) is 13.9. The number of carbonyl (C=O) groups excluding carboxylic acids is 1. The van der Waals surface area contributed by atoms with Crippen LogP contribution in [0, 0.1) is 16.0 Å². The number of hydrogen-bond acceptors (Lipinski definition) is 4. The van der Waals surface area contributed by atoms with Crippen LogP contribution in [-0.4, -0.2) is 42.5 Å². The van der Waals surface area contributed by atoms with Gasteiger partial charge in [-0.05, 0) is 27.9 Å². The van der Waals surface area contributed by atoms with Gasteiger partial charge in [-0.1, -0.05) is 13.8 Å². The van der Waals surface area contributed by atoms with Crippen LogP contribution in [0.1, 0.15) is 24.2 Å². The Balaban J connectivity index is 3.06. The molecule has 0 spiro atoms. The van der Waals surface area contributed by atoms with Gasteiger partial charge in [-0.2, -0.15) is 0 Å². The molecule has 0 saturated carbocycles. The molecule has 1 amide bonds. The molecule has 7 heteroatoms. The van der Waals surface area contributed by atoms with E-state index in [2.05, 4.69) is 15.9 Å². The molecule has 0 atom stereocenters. The van der Waals surface area contributed by atoms with Gasteiger partial charge in [0.1, 0.15) is 0 Å². The van der Waals surface area contributed by atoms with E-state index in [1.807, 2.05) is 13.8 Å². The minimum absolute atomic E-state index is 0.0993. The van der Waals surface area contributed by atoms with Gasteiger partial charge in [0.2, 0.25) is 0 Å². The van der Waals surface area contributed by atoms with Crippen molar-refractivity contribution in [3.05, 3.63) is 38.3 Å². The van der Waals surface area contributed by atoms with Crippen LogP contribution in [0.5, 0.6) is 0 Å². The van der Waals surface area contributed by atoms with Crippen LogP contribution in [0.25, 0.3) is 0 Å². The maximum Gasteiger partial charge on any atom is 0.270 e. The monoisotopic (exact) mass is 358 g/mol. The highest BCUT2D eigenvalue weighted by molar-refractivity contribution is 9.10. The molecule has 116 valence electrons. The molecule has 6 nitrogen and oxygen atoms in total. The minimum Gasteiger partial charge on any atom is -0.383 e. The van der Waals surface area contributed by atoms with Crippen molar-refractivity contribution < 1.29 is 14.5 Å². The third-order valence-electron chi connectivity index (χ3n) is 2.83. The predicted octanol–water partition coefficient (Wildman–Crippen LogP) is 3.10. The lowest BCUT2D eigenvalue weighted by Crippen LogP contribution is -2.37. The molecule has 0 aliphatic carbocycles. The Morgan fingerprint density at radius 2 is 2.14 bits per heavy atom.